The third-order valence-electron chi connectivity index (χ3n) is 3.49. The Balaban J connectivity index is 1.70. The predicted molar refractivity (Wildman–Crippen MR) is 93.4 cm³/mol. The highest BCUT2D eigenvalue weighted by Crippen LogP contribution is 2.20. The van der Waals surface area contributed by atoms with Gasteiger partial charge in [-0.1, -0.05) is 66.2 Å². The first-order chi connectivity index (χ1) is 11.2. The number of rotatable bonds is 0. The quantitative estimate of drug-likeness (QED) is 0.735. The van der Waals surface area contributed by atoms with Crippen molar-refractivity contribution in [2.45, 2.75) is 12.0 Å². The minimum absolute atomic E-state index is 0.447. The first-order valence-electron chi connectivity index (χ1n) is 7.51. The van der Waals surface area contributed by atoms with Gasteiger partial charge in [-0.15, -0.1) is 0 Å². The van der Waals surface area contributed by atoms with Gasteiger partial charge >= 0.3 is 0 Å². The number of hydrogen-bond acceptors (Lipinski definition) is 1. The molecule has 110 valence electrons. The molecule has 2 aromatic rings. The van der Waals surface area contributed by atoms with Gasteiger partial charge < -0.3 is 5.11 Å². The summed E-state index contributed by atoms with van der Waals surface area (Å²) >= 11 is 0. The van der Waals surface area contributed by atoms with E-state index in [0.717, 1.165) is 16.7 Å². The maximum atomic E-state index is 10.5. The van der Waals surface area contributed by atoms with Crippen molar-refractivity contribution in [1.82, 2.24) is 0 Å². The van der Waals surface area contributed by atoms with Crippen molar-refractivity contribution in [3.8, 4) is 23.7 Å². The van der Waals surface area contributed by atoms with E-state index in [2.05, 4.69) is 23.7 Å². The van der Waals surface area contributed by atoms with E-state index in [1.54, 1.807) is 6.08 Å². The van der Waals surface area contributed by atoms with Crippen LogP contribution < -0.4 is 0 Å². The van der Waals surface area contributed by atoms with Crippen LogP contribution in [0.2, 0.25) is 0 Å². The van der Waals surface area contributed by atoms with E-state index in [1.807, 2.05) is 72.8 Å². The lowest BCUT2D eigenvalue weighted by Crippen LogP contribution is -2.24. The minimum Gasteiger partial charge on any atom is -0.374 e. The average molecular weight is 296 g/mol. The summed E-state index contributed by atoms with van der Waals surface area (Å²) in [5.41, 5.74) is 1.66. The van der Waals surface area contributed by atoms with Gasteiger partial charge in [0.15, 0.2) is 0 Å². The third-order valence-corrected chi connectivity index (χ3v) is 3.49. The van der Waals surface area contributed by atoms with Crippen LogP contribution in [0.3, 0.4) is 0 Å². The van der Waals surface area contributed by atoms with Crippen molar-refractivity contribution in [2.75, 3.05) is 0 Å². The second kappa shape index (κ2) is 6.84. The molecule has 0 heterocycles. The van der Waals surface area contributed by atoms with Crippen LogP contribution in [0.25, 0.3) is 0 Å². The fourth-order valence-corrected chi connectivity index (χ4v) is 2.18. The number of benzene rings is 2. The van der Waals surface area contributed by atoms with Gasteiger partial charge in [0.2, 0.25) is 0 Å². The van der Waals surface area contributed by atoms with Crippen LogP contribution in [0.15, 0.2) is 84.5 Å². The molecule has 1 atom stereocenters. The highest BCUT2D eigenvalue weighted by Gasteiger charge is 2.21. The van der Waals surface area contributed by atoms with Gasteiger partial charge in [-0.2, -0.15) is 0 Å². The van der Waals surface area contributed by atoms with Crippen LogP contribution in [0.5, 0.6) is 0 Å². The fourth-order valence-electron chi connectivity index (χ4n) is 2.18. The van der Waals surface area contributed by atoms with E-state index in [-0.39, 0.29) is 0 Å². The Kier molecular flexibility index (Phi) is 4.44. The largest absolute Gasteiger partial charge is 0.374 e. The minimum atomic E-state index is -1.12. The molecule has 0 radical (unpaired) electrons. The molecule has 1 nitrogen and oxygen atoms in total. The molecule has 0 fully saturated rings. The maximum Gasteiger partial charge on any atom is 0.148 e. The smallest absolute Gasteiger partial charge is 0.148 e. The van der Waals surface area contributed by atoms with Crippen LogP contribution in [0.4, 0.5) is 0 Å². The number of aliphatic hydroxyl groups is 1. The highest BCUT2D eigenvalue weighted by atomic mass is 16.3. The first-order valence-corrected chi connectivity index (χ1v) is 7.51. The van der Waals surface area contributed by atoms with E-state index < -0.39 is 5.60 Å². The zero-order valence-electron chi connectivity index (χ0n) is 12.7. The summed E-state index contributed by atoms with van der Waals surface area (Å²) in [5, 5.41) is 10.5. The summed E-state index contributed by atoms with van der Waals surface area (Å²) in [5.74, 6) is 12.2. The van der Waals surface area contributed by atoms with Gasteiger partial charge in [0, 0.05) is 23.1 Å². The molecule has 23 heavy (non-hydrogen) atoms. The molecule has 1 heteroatoms. The molecule has 1 N–H and O–H groups in total. The molecular formula is C22H16O. The molecule has 1 unspecified atom stereocenters. The molecule has 0 spiro atoms. The molecule has 1 aliphatic carbocycles. The van der Waals surface area contributed by atoms with Crippen LogP contribution in [0, 0.1) is 23.7 Å². The van der Waals surface area contributed by atoms with Gasteiger partial charge in [-0.3, -0.25) is 0 Å². The standard InChI is InChI=1S/C22H16O/c23-22(16-13-20-9-5-2-6-10-20)17-14-21(15-18-22)12-11-19-7-3-1-4-8-19/h1-10,14-15,17,23H,18H2. The van der Waals surface area contributed by atoms with Crippen molar-refractivity contribution in [1.29, 1.82) is 0 Å². The Morgan fingerprint density at radius 3 is 1.96 bits per heavy atom. The lowest BCUT2D eigenvalue weighted by atomic mass is 9.92. The van der Waals surface area contributed by atoms with Gasteiger partial charge in [-0.05, 0) is 36.4 Å². The predicted octanol–water partition coefficient (Wildman–Crippen LogP) is 3.71. The molecule has 2 aromatic carbocycles. The van der Waals surface area contributed by atoms with Crippen molar-refractivity contribution in [2.24, 2.45) is 0 Å². The Morgan fingerprint density at radius 2 is 1.39 bits per heavy atom. The lowest BCUT2D eigenvalue weighted by molar-refractivity contribution is 0.155. The molecule has 0 aromatic heterocycles. The lowest BCUT2D eigenvalue weighted by Gasteiger charge is -2.19. The molecule has 0 aliphatic heterocycles. The van der Waals surface area contributed by atoms with E-state index >= 15 is 0 Å². The second-order valence-corrected chi connectivity index (χ2v) is 5.35. The van der Waals surface area contributed by atoms with Crippen molar-refractivity contribution in [3.63, 3.8) is 0 Å². The molecule has 0 bridgehead atoms. The van der Waals surface area contributed by atoms with E-state index in [1.165, 1.54) is 0 Å². The van der Waals surface area contributed by atoms with Gasteiger partial charge in [-0.25, -0.2) is 0 Å². The summed E-state index contributed by atoms with van der Waals surface area (Å²) in [6.45, 7) is 0. The molecular weight excluding hydrogens is 280 g/mol. The Hall–Kier alpha value is -3.00. The third kappa shape index (κ3) is 4.24. The highest BCUT2D eigenvalue weighted by molar-refractivity contribution is 5.49. The number of allylic oxidation sites excluding steroid dienone is 2. The summed E-state index contributed by atoms with van der Waals surface area (Å²) in [6.07, 6.45) is 5.93. The Labute approximate surface area is 137 Å². The van der Waals surface area contributed by atoms with Gasteiger partial charge in [0.05, 0.1) is 0 Å². The molecule has 0 saturated carbocycles. The summed E-state index contributed by atoms with van der Waals surface area (Å²) in [6, 6.07) is 19.5. The van der Waals surface area contributed by atoms with Crippen LogP contribution in [0.1, 0.15) is 17.5 Å². The SMILES string of the molecule is OC1(C#Cc2ccccc2)C=CC(C#Cc2ccccc2)=CC1. The van der Waals surface area contributed by atoms with Crippen molar-refractivity contribution >= 4 is 0 Å². The first kappa shape index (κ1) is 14.9. The topological polar surface area (TPSA) is 20.2 Å². The average Bonchev–Trinajstić information content (AvgIpc) is 2.62. The zero-order valence-corrected chi connectivity index (χ0v) is 12.7. The second-order valence-electron chi connectivity index (χ2n) is 5.35. The summed E-state index contributed by atoms with van der Waals surface area (Å²) in [7, 11) is 0. The van der Waals surface area contributed by atoms with Crippen LogP contribution in [-0.2, 0) is 0 Å². The molecule has 1 aliphatic rings. The Bertz CT molecular complexity index is 852. The maximum absolute atomic E-state index is 10.5. The molecule has 3 rings (SSSR count). The van der Waals surface area contributed by atoms with Gasteiger partial charge in [0.1, 0.15) is 5.60 Å². The normalized spacial score (nSPS) is 18.9. The fraction of sp³-hybridized carbons (Fsp3) is 0.0909. The van der Waals surface area contributed by atoms with E-state index in [4.69, 9.17) is 0 Å². The van der Waals surface area contributed by atoms with Gasteiger partial charge in [0.25, 0.3) is 0 Å². The molecule has 0 saturated heterocycles. The van der Waals surface area contributed by atoms with Crippen molar-refractivity contribution < 1.29 is 5.11 Å². The summed E-state index contributed by atoms with van der Waals surface area (Å²) in [4.78, 5) is 0. The van der Waals surface area contributed by atoms with Crippen molar-refractivity contribution in [3.05, 3.63) is 95.6 Å². The zero-order chi connectivity index (χ0) is 16.0. The summed E-state index contributed by atoms with van der Waals surface area (Å²) < 4.78 is 0. The molecule has 0 amide bonds. The Morgan fingerprint density at radius 1 is 0.783 bits per heavy atom. The van der Waals surface area contributed by atoms with E-state index in [0.29, 0.717) is 6.42 Å². The van der Waals surface area contributed by atoms with E-state index in [9.17, 15) is 5.11 Å². The monoisotopic (exact) mass is 296 g/mol. The van der Waals surface area contributed by atoms with Crippen LogP contribution in [-0.4, -0.2) is 10.7 Å². The number of hydrogen-bond donors (Lipinski definition) is 1. The van der Waals surface area contributed by atoms with Crippen LogP contribution >= 0.6 is 0 Å².